The van der Waals surface area contributed by atoms with Crippen molar-refractivity contribution in [3.05, 3.63) is 145 Å². The fourth-order valence-electron chi connectivity index (χ4n) is 9.69. The Morgan fingerprint density at radius 1 is 0.854 bits per heavy atom. The van der Waals surface area contributed by atoms with E-state index in [1.807, 2.05) is 26.8 Å². The van der Waals surface area contributed by atoms with Gasteiger partial charge in [-0.1, -0.05) is 59.9 Å². The van der Waals surface area contributed by atoms with Crippen LogP contribution in [0.1, 0.15) is 118 Å². The minimum Gasteiger partial charge on any atom is -0.506 e. The molecule has 3 aliphatic heterocycles. The minimum atomic E-state index is -3.52. The predicted molar refractivity (Wildman–Crippen MR) is 345 cm³/mol. The number of phenols is 1. The summed E-state index contributed by atoms with van der Waals surface area (Å²) in [6.07, 6.45) is 4.54. The molecule has 476 valence electrons. The molecule has 27 heteroatoms. The zero-order valence-electron chi connectivity index (χ0n) is 51.4. The average Bonchev–Trinajstić information content (AvgIpc) is 2.06. The zero-order valence-corrected chi connectivity index (χ0v) is 56.9. The van der Waals surface area contributed by atoms with Gasteiger partial charge in [-0.3, -0.25) is 23.9 Å². The highest BCUT2D eigenvalue weighted by atomic mass is 79.9. The first-order valence-electron chi connectivity index (χ1n) is 28.2. The van der Waals surface area contributed by atoms with Gasteiger partial charge in [-0.05, 0) is 165 Å². The second-order valence-corrected chi connectivity index (χ2v) is 26.3. The number of aromatic nitrogens is 4. The van der Waals surface area contributed by atoms with E-state index in [9.17, 15) is 42.3 Å². The first kappa shape index (κ1) is 70.7. The number of nitrogens with zero attached hydrogens (tertiary/aromatic N) is 7. The molecule has 0 radical (unpaired) electrons. The Hall–Kier alpha value is -7.34. The third-order valence-corrected chi connectivity index (χ3v) is 17.1. The number of hydrogen-bond acceptors (Lipinski definition) is 18. The van der Waals surface area contributed by atoms with E-state index in [1.165, 1.54) is 40.6 Å². The third-order valence-electron chi connectivity index (χ3n) is 14.2. The number of halogens is 4. The molecule has 2 N–H and O–H groups in total. The number of hydrazone groups is 1. The maximum atomic E-state index is 13.5. The number of benzene rings is 4. The highest BCUT2D eigenvalue weighted by molar-refractivity contribution is 9.11. The Bertz CT molecular complexity index is 4020. The van der Waals surface area contributed by atoms with Crippen molar-refractivity contribution >= 4 is 106 Å². The van der Waals surface area contributed by atoms with Gasteiger partial charge in [-0.25, -0.2) is 32.4 Å². The van der Waals surface area contributed by atoms with Gasteiger partial charge in [0.25, 0.3) is 11.1 Å². The van der Waals surface area contributed by atoms with Crippen molar-refractivity contribution in [1.29, 1.82) is 5.26 Å². The number of esters is 3. The fraction of sp³-hybridized carbons (Fsp3) is 0.403. The lowest BCUT2D eigenvalue weighted by atomic mass is 9.91. The molecule has 1 atom stereocenters. The Labute approximate surface area is 542 Å². The number of aromatic amines is 1. The normalized spacial score (nSPS) is 15.2. The smallest absolute Gasteiger partial charge is 0.354 e. The van der Waals surface area contributed by atoms with Crippen molar-refractivity contribution in [3.8, 4) is 28.8 Å². The summed E-state index contributed by atoms with van der Waals surface area (Å²) in [5, 5.41) is 30.7. The van der Waals surface area contributed by atoms with Crippen LogP contribution in [0.25, 0.3) is 11.1 Å². The van der Waals surface area contributed by atoms with Crippen LogP contribution in [-0.2, 0) is 76.2 Å². The van der Waals surface area contributed by atoms with E-state index in [4.69, 9.17) is 52.2 Å². The van der Waals surface area contributed by atoms with Gasteiger partial charge in [0.05, 0.1) is 86.8 Å². The summed E-state index contributed by atoms with van der Waals surface area (Å²) in [6.45, 7) is 21.0. The third kappa shape index (κ3) is 16.2. The highest BCUT2D eigenvalue weighted by Crippen LogP contribution is 2.40. The van der Waals surface area contributed by atoms with Crippen molar-refractivity contribution in [3.63, 3.8) is 0 Å². The van der Waals surface area contributed by atoms with Crippen LogP contribution in [0.3, 0.4) is 0 Å². The van der Waals surface area contributed by atoms with Gasteiger partial charge < -0.3 is 34.0 Å². The number of aryl methyl sites for hydroxylation is 4. The quantitative estimate of drug-likeness (QED) is 0.0802. The Morgan fingerprint density at radius 3 is 1.99 bits per heavy atom. The number of hydrogen-bond donors (Lipinski definition) is 2. The van der Waals surface area contributed by atoms with E-state index in [-0.39, 0.29) is 58.6 Å². The van der Waals surface area contributed by atoms with E-state index >= 15 is 0 Å². The molecule has 2 aromatic heterocycles. The lowest BCUT2D eigenvalue weighted by molar-refractivity contribution is -0.148. The number of phenolic OH excluding ortho intramolecular Hbond substituents is 1. The van der Waals surface area contributed by atoms with E-state index in [0.29, 0.717) is 97.9 Å². The average molecular weight is 1410 g/mol. The molecule has 3 aliphatic rings. The molecule has 6 aromatic rings. The number of ether oxygens (including phenoxy) is 4. The molecule has 5 heterocycles. The fourth-order valence-corrected chi connectivity index (χ4v) is 12.3. The molecule has 0 amide bonds. The van der Waals surface area contributed by atoms with Crippen LogP contribution in [-0.4, -0.2) is 113 Å². The van der Waals surface area contributed by atoms with E-state index in [0.717, 1.165) is 35.8 Å². The summed E-state index contributed by atoms with van der Waals surface area (Å²) in [4.78, 5) is 80.7. The monoisotopic (exact) mass is 1410 g/mol. The molecule has 0 fully saturated rings. The van der Waals surface area contributed by atoms with Crippen molar-refractivity contribution in [2.75, 3.05) is 44.3 Å². The van der Waals surface area contributed by atoms with Crippen LogP contribution in [0, 0.1) is 30.6 Å². The molecule has 89 heavy (non-hydrogen) atoms. The molecule has 0 spiro atoms. The second kappa shape index (κ2) is 30.0. The summed E-state index contributed by atoms with van der Waals surface area (Å²) in [7, 11) is -2.02. The van der Waals surface area contributed by atoms with Crippen molar-refractivity contribution in [2.45, 2.75) is 118 Å². The van der Waals surface area contributed by atoms with Gasteiger partial charge in [0.2, 0.25) is 5.88 Å². The highest BCUT2D eigenvalue weighted by Gasteiger charge is 2.49. The SMILES string of the molecule is CCOC(=O)C1=NN(c2ccc(Cl)cc2Cl)C(C)(C(=O)OCC)C1.CCc1cc(C)cc(CC)c1-c1c(OC(=O)C(C)(C)C)n2n(c1=O)CCOCC2.Cc1c(C(=O)c2c[nH]n(C)c2=O)ccc(S(C)(=O)=O)c1C1=NOCC1.N#Cc1cc(Br)c(O)c(Br)c1. The van der Waals surface area contributed by atoms with Gasteiger partial charge in [-0.2, -0.15) is 10.4 Å². The number of H-pyrrole nitrogens is 1. The number of oxime groups is 1. The molecular weight excluding hydrogens is 1340 g/mol. The summed E-state index contributed by atoms with van der Waals surface area (Å²) in [6, 6.07) is 16.9. The summed E-state index contributed by atoms with van der Waals surface area (Å²) < 4.78 is 51.6. The van der Waals surface area contributed by atoms with Crippen molar-refractivity contribution in [2.24, 2.45) is 22.7 Å². The molecule has 0 saturated carbocycles. The lowest BCUT2D eigenvalue weighted by Crippen LogP contribution is -2.48. The van der Waals surface area contributed by atoms with Gasteiger partial charge in [0.1, 0.15) is 29.2 Å². The number of carbonyl (C=O) groups is 4. The Kier molecular flexibility index (Phi) is 23.8. The predicted octanol–water partition coefficient (Wildman–Crippen LogP) is 10.7. The van der Waals surface area contributed by atoms with E-state index in [1.54, 1.807) is 67.4 Å². The first-order chi connectivity index (χ1) is 41.9. The molecular formula is C62H70Br2Cl2N8O14S. The van der Waals surface area contributed by atoms with Crippen molar-refractivity contribution in [1.82, 2.24) is 19.1 Å². The number of ketones is 1. The number of nitriles is 1. The van der Waals surface area contributed by atoms with E-state index in [2.05, 4.69) is 80.1 Å². The molecule has 1 unspecified atom stereocenters. The van der Waals surface area contributed by atoms with Gasteiger partial charge in [0, 0.05) is 48.5 Å². The van der Waals surface area contributed by atoms with Crippen molar-refractivity contribution < 1.29 is 56.5 Å². The van der Waals surface area contributed by atoms with Crippen LogP contribution < -0.4 is 20.9 Å². The first-order valence-corrected chi connectivity index (χ1v) is 32.4. The number of sulfone groups is 1. The Balaban J connectivity index is 0.000000197. The number of rotatable bonds is 13. The number of carbonyl (C=O) groups excluding carboxylic acids is 4. The second-order valence-electron chi connectivity index (χ2n) is 21.8. The Morgan fingerprint density at radius 2 is 1.47 bits per heavy atom. The van der Waals surface area contributed by atoms with Crippen LogP contribution >= 0.6 is 55.1 Å². The maximum Gasteiger partial charge on any atom is 0.354 e. The summed E-state index contributed by atoms with van der Waals surface area (Å²) in [5.41, 5.74) is 5.00. The standard InChI is InChI=1S/C23H32N2O4.C16H18Cl2N2O4.C16H17N3O5S.C7H3Br2NO/c1-7-16-13-15(3)14-17(8-2)18(16)19-20(26)24-9-11-28-12-10-25(24)21(19)29-22(27)23(4,5)6;1-4-23-14(21)12-9-16(3,15(22)24-5-2)20(19-12)13-7-6-10(17)8-11(13)18;1-9-10(15(20)11-8-17-19(2)16(11)21)4-5-13(25(3,22)23)14(9)12-6-7-24-18-12;8-5-1-4(3-10)2-6(9)7(5)11/h13-14H,7-12H2,1-6H3;6-8H,4-5,9H2,1-3H3;4-5,8,17H,6-7H2,1-3H3;1-2,11H. The van der Waals surface area contributed by atoms with Crippen LogP contribution in [0.2, 0.25) is 10.0 Å². The molecule has 22 nitrogen and oxygen atoms in total. The van der Waals surface area contributed by atoms with Gasteiger partial charge in [-0.15, -0.1) is 0 Å². The molecule has 0 saturated heterocycles. The topological polar surface area (TPSA) is 285 Å². The molecule has 4 aromatic carbocycles. The van der Waals surface area contributed by atoms with Gasteiger partial charge in [0.15, 0.2) is 21.2 Å². The number of nitrogens with one attached hydrogen (secondary N) is 1. The molecule has 9 rings (SSSR count). The van der Waals surface area contributed by atoms with Gasteiger partial charge >= 0.3 is 17.9 Å². The lowest BCUT2D eigenvalue weighted by Gasteiger charge is -2.32. The minimum absolute atomic E-state index is 0.00623. The number of aromatic hydroxyl groups is 1. The maximum absolute atomic E-state index is 13.5. The number of anilines is 1. The summed E-state index contributed by atoms with van der Waals surface area (Å²) in [5.74, 6) is -1.44. The molecule has 0 aliphatic carbocycles. The van der Waals surface area contributed by atoms with Crippen LogP contribution in [0.15, 0.2) is 94.5 Å². The molecule has 0 bridgehead atoms. The summed E-state index contributed by atoms with van der Waals surface area (Å²) >= 11 is 18.4. The zero-order chi connectivity index (χ0) is 66.0. The van der Waals surface area contributed by atoms with E-state index < -0.39 is 44.1 Å². The van der Waals surface area contributed by atoms with Crippen LogP contribution in [0.4, 0.5) is 5.69 Å². The van der Waals surface area contributed by atoms with Crippen LogP contribution in [0.5, 0.6) is 11.6 Å². The number of fused-ring (bicyclic) bond motifs is 1. The largest absolute Gasteiger partial charge is 0.506 e.